The Hall–Kier alpha value is -4.35. The Morgan fingerprint density at radius 2 is 1.97 bits per heavy atom. The Kier molecular flexibility index (Phi) is 7.29. The number of pyridine rings is 2. The normalized spacial score (nSPS) is 12.6. The minimum Gasteiger partial charge on any atom is -0.487 e. The molecule has 1 fully saturated rings. The molecule has 0 aliphatic carbocycles. The summed E-state index contributed by atoms with van der Waals surface area (Å²) in [6.07, 6.45) is 1.60. The number of nitrogens with one attached hydrogen (secondary N) is 2. The Labute approximate surface area is 202 Å². The van der Waals surface area contributed by atoms with Gasteiger partial charge in [0.05, 0.1) is 5.56 Å². The Morgan fingerprint density at radius 1 is 1.14 bits per heavy atom. The zero-order valence-electron chi connectivity index (χ0n) is 19.4. The van der Waals surface area contributed by atoms with E-state index in [0.29, 0.717) is 47.0 Å². The van der Waals surface area contributed by atoms with Crippen LogP contribution < -0.4 is 15.4 Å². The molecule has 0 unspecified atom stereocenters. The molecule has 0 saturated carbocycles. The van der Waals surface area contributed by atoms with Crippen LogP contribution in [0.2, 0.25) is 0 Å². The fraction of sp³-hybridized carbons (Fsp3) is 0.185. The van der Waals surface area contributed by atoms with Gasteiger partial charge in [0.25, 0.3) is 5.91 Å². The minimum absolute atomic E-state index is 0.0298. The van der Waals surface area contributed by atoms with Crippen molar-refractivity contribution in [1.82, 2.24) is 15.3 Å². The van der Waals surface area contributed by atoms with E-state index in [1.165, 1.54) is 12.1 Å². The molecule has 35 heavy (non-hydrogen) atoms. The second-order valence-electron chi connectivity index (χ2n) is 7.62. The van der Waals surface area contributed by atoms with Crippen LogP contribution in [0.4, 0.5) is 10.2 Å². The number of fused-ring (bicyclic) bond motifs is 1. The highest BCUT2D eigenvalue weighted by molar-refractivity contribution is 6.04. The number of carbonyl (C=O) groups excluding carboxylic acids is 1. The zero-order chi connectivity index (χ0) is 24.8. The summed E-state index contributed by atoms with van der Waals surface area (Å²) in [6, 6.07) is 18.5. The van der Waals surface area contributed by atoms with Crippen LogP contribution in [0, 0.1) is 17.1 Å². The second-order valence-corrected chi connectivity index (χ2v) is 7.62. The maximum atomic E-state index is 14.2. The predicted molar refractivity (Wildman–Crippen MR) is 133 cm³/mol. The van der Waals surface area contributed by atoms with Gasteiger partial charge in [0.2, 0.25) is 0 Å². The van der Waals surface area contributed by atoms with E-state index in [1.54, 1.807) is 36.5 Å². The number of amides is 1. The SMILES string of the molecule is CC.N#Cc1ccc(-c2ccc(C(=O)Nc3ccc4cccnc4n3)cc2OC2CNC2)cc1F. The third-order valence-corrected chi connectivity index (χ3v) is 5.39. The molecule has 0 atom stereocenters. The van der Waals surface area contributed by atoms with Gasteiger partial charge in [-0.15, -0.1) is 0 Å². The molecule has 2 aromatic carbocycles. The summed E-state index contributed by atoms with van der Waals surface area (Å²) in [4.78, 5) is 21.5. The molecule has 1 aliphatic heterocycles. The molecule has 5 rings (SSSR count). The van der Waals surface area contributed by atoms with Gasteiger partial charge in [-0.1, -0.05) is 19.9 Å². The lowest BCUT2D eigenvalue weighted by Crippen LogP contribution is -2.50. The molecule has 8 heteroatoms. The lowest BCUT2D eigenvalue weighted by atomic mass is 10.0. The Bertz CT molecular complexity index is 1410. The first-order valence-electron chi connectivity index (χ1n) is 11.4. The summed E-state index contributed by atoms with van der Waals surface area (Å²) >= 11 is 0. The minimum atomic E-state index is -0.607. The molecule has 3 heterocycles. The molecule has 2 N–H and O–H groups in total. The summed E-state index contributed by atoms with van der Waals surface area (Å²) in [7, 11) is 0. The molecule has 0 bridgehead atoms. The number of nitrogens with zero attached hydrogens (tertiary/aromatic N) is 3. The number of anilines is 1. The van der Waals surface area contributed by atoms with Crippen molar-refractivity contribution < 1.29 is 13.9 Å². The van der Waals surface area contributed by atoms with Crippen molar-refractivity contribution >= 4 is 22.8 Å². The van der Waals surface area contributed by atoms with Crippen LogP contribution in [-0.4, -0.2) is 35.1 Å². The molecule has 1 amide bonds. The Balaban J connectivity index is 0.00000141. The van der Waals surface area contributed by atoms with Gasteiger partial charge in [-0.05, 0) is 60.2 Å². The first kappa shape index (κ1) is 23.8. The van der Waals surface area contributed by atoms with Crippen molar-refractivity contribution in [1.29, 1.82) is 5.26 Å². The first-order chi connectivity index (χ1) is 17.1. The summed E-state index contributed by atoms with van der Waals surface area (Å²) < 4.78 is 20.3. The van der Waals surface area contributed by atoms with Gasteiger partial charge in [0.15, 0.2) is 5.65 Å². The highest BCUT2D eigenvalue weighted by Crippen LogP contribution is 2.33. The summed E-state index contributed by atoms with van der Waals surface area (Å²) in [5.41, 5.74) is 2.07. The largest absolute Gasteiger partial charge is 0.487 e. The molecule has 176 valence electrons. The lowest BCUT2D eigenvalue weighted by Gasteiger charge is -2.29. The van der Waals surface area contributed by atoms with Gasteiger partial charge < -0.3 is 15.4 Å². The third kappa shape index (κ3) is 5.26. The number of benzene rings is 2. The van der Waals surface area contributed by atoms with E-state index < -0.39 is 5.82 Å². The van der Waals surface area contributed by atoms with Gasteiger partial charge in [0.1, 0.15) is 29.6 Å². The fourth-order valence-electron chi connectivity index (χ4n) is 3.51. The van der Waals surface area contributed by atoms with Gasteiger partial charge in [-0.2, -0.15) is 5.26 Å². The number of hydrogen-bond donors (Lipinski definition) is 2. The fourth-order valence-corrected chi connectivity index (χ4v) is 3.51. The van der Waals surface area contributed by atoms with Crippen molar-refractivity contribution in [3.05, 3.63) is 83.8 Å². The van der Waals surface area contributed by atoms with Crippen LogP contribution in [0.15, 0.2) is 66.9 Å². The van der Waals surface area contributed by atoms with Crippen LogP contribution in [0.5, 0.6) is 5.75 Å². The van der Waals surface area contributed by atoms with E-state index in [1.807, 2.05) is 38.1 Å². The number of halogens is 1. The summed E-state index contributed by atoms with van der Waals surface area (Å²) in [5.74, 6) is -0.113. The van der Waals surface area contributed by atoms with Crippen molar-refractivity contribution in [2.75, 3.05) is 18.4 Å². The van der Waals surface area contributed by atoms with Crippen LogP contribution in [0.3, 0.4) is 0 Å². The van der Waals surface area contributed by atoms with Gasteiger partial charge in [0, 0.05) is 35.8 Å². The molecule has 0 radical (unpaired) electrons. The van der Waals surface area contributed by atoms with E-state index in [0.717, 1.165) is 5.39 Å². The van der Waals surface area contributed by atoms with E-state index >= 15 is 0 Å². The highest BCUT2D eigenvalue weighted by atomic mass is 19.1. The van der Waals surface area contributed by atoms with Crippen molar-refractivity contribution in [2.45, 2.75) is 20.0 Å². The van der Waals surface area contributed by atoms with Gasteiger partial charge >= 0.3 is 0 Å². The van der Waals surface area contributed by atoms with Gasteiger partial charge in [-0.25, -0.2) is 14.4 Å². The molecule has 0 spiro atoms. The zero-order valence-corrected chi connectivity index (χ0v) is 19.4. The summed E-state index contributed by atoms with van der Waals surface area (Å²) in [6.45, 7) is 5.37. The standard InChI is InChI=1S/C25H18FN5O2.C2H6/c26-21-10-16(3-4-18(21)12-27)20-7-5-17(11-22(20)33-19-13-28-14-19)25(32)31-23-8-6-15-2-1-9-29-24(15)30-23;1-2/h1-11,19,28H,13-14H2,(H,29,30,31,32);1-2H3. The number of ether oxygens (including phenoxy) is 1. The topological polar surface area (TPSA) is 99.9 Å². The molecule has 1 saturated heterocycles. The molecular weight excluding hydrogens is 445 g/mol. The monoisotopic (exact) mass is 469 g/mol. The van der Waals surface area contributed by atoms with Crippen molar-refractivity contribution in [2.24, 2.45) is 0 Å². The third-order valence-electron chi connectivity index (χ3n) is 5.39. The van der Waals surface area contributed by atoms with Crippen molar-refractivity contribution in [3.8, 4) is 22.9 Å². The molecule has 2 aromatic heterocycles. The quantitative estimate of drug-likeness (QED) is 0.430. The predicted octanol–water partition coefficient (Wildman–Crippen LogP) is 4.94. The van der Waals surface area contributed by atoms with E-state index in [2.05, 4.69) is 20.6 Å². The lowest BCUT2D eigenvalue weighted by molar-refractivity contribution is 0.102. The van der Waals surface area contributed by atoms with E-state index in [9.17, 15) is 9.18 Å². The smallest absolute Gasteiger partial charge is 0.256 e. The number of aromatic nitrogens is 2. The molecule has 1 aliphatic rings. The van der Waals surface area contributed by atoms with Crippen LogP contribution in [-0.2, 0) is 0 Å². The van der Waals surface area contributed by atoms with E-state index in [-0.39, 0.29) is 17.6 Å². The van der Waals surface area contributed by atoms with Crippen LogP contribution in [0.25, 0.3) is 22.2 Å². The number of carbonyl (C=O) groups is 1. The van der Waals surface area contributed by atoms with Crippen LogP contribution >= 0.6 is 0 Å². The summed E-state index contributed by atoms with van der Waals surface area (Å²) in [5, 5.41) is 15.8. The molecular formula is C27H24FN5O2. The second kappa shape index (κ2) is 10.7. The van der Waals surface area contributed by atoms with Gasteiger partial charge in [-0.3, -0.25) is 4.79 Å². The average Bonchev–Trinajstić information content (AvgIpc) is 2.87. The molecule has 4 aromatic rings. The number of rotatable bonds is 5. The maximum Gasteiger partial charge on any atom is 0.256 e. The first-order valence-corrected chi connectivity index (χ1v) is 11.4. The molecule has 7 nitrogen and oxygen atoms in total. The average molecular weight is 470 g/mol. The number of hydrogen-bond acceptors (Lipinski definition) is 6. The van der Waals surface area contributed by atoms with E-state index in [4.69, 9.17) is 10.00 Å². The highest BCUT2D eigenvalue weighted by Gasteiger charge is 2.22. The van der Waals surface area contributed by atoms with Crippen molar-refractivity contribution in [3.63, 3.8) is 0 Å². The maximum absolute atomic E-state index is 14.2. The van der Waals surface area contributed by atoms with Crippen LogP contribution in [0.1, 0.15) is 29.8 Å². The Morgan fingerprint density at radius 3 is 2.69 bits per heavy atom. The number of nitriles is 1.